The van der Waals surface area contributed by atoms with Gasteiger partial charge in [0.1, 0.15) is 0 Å². The fourth-order valence-electron chi connectivity index (χ4n) is 3.82. The van der Waals surface area contributed by atoms with Crippen molar-refractivity contribution in [3.05, 3.63) is 64.8 Å². The minimum Gasteiger partial charge on any atom is -0.303 e. The van der Waals surface area contributed by atoms with Crippen LogP contribution in [0.15, 0.2) is 48.7 Å². The molecular weight excluding hydrogens is 312 g/mol. The van der Waals surface area contributed by atoms with Crippen LogP contribution in [0.25, 0.3) is 10.1 Å². The molecule has 24 heavy (non-hydrogen) atoms. The molecule has 1 saturated heterocycles. The molecule has 0 spiro atoms. The Morgan fingerprint density at radius 1 is 1.08 bits per heavy atom. The molecule has 0 unspecified atom stereocenters. The van der Waals surface area contributed by atoms with E-state index in [1.54, 1.807) is 4.88 Å². The number of nitrogens with zero attached hydrogens (tertiary/aromatic N) is 2. The Hall–Kier alpha value is -1.71. The number of pyridine rings is 1. The predicted octanol–water partition coefficient (Wildman–Crippen LogP) is 5.09. The van der Waals surface area contributed by atoms with E-state index in [0.29, 0.717) is 5.92 Å². The highest BCUT2D eigenvalue weighted by Crippen LogP contribution is 2.38. The summed E-state index contributed by atoms with van der Waals surface area (Å²) in [7, 11) is 0. The number of likely N-dealkylation sites (tertiary alicyclic amines) is 1. The van der Waals surface area contributed by atoms with E-state index >= 15 is 0 Å². The number of hydrogen-bond acceptors (Lipinski definition) is 3. The summed E-state index contributed by atoms with van der Waals surface area (Å²) in [5.41, 5.74) is 2.66. The molecule has 2 nitrogen and oxygen atoms in total. The molecule has 3 heterocycles. The van der Waals surface area contributed by atoms with Crippen LogP contribution in [-0.2, 0) is 6.42 Å². The number of fused-ring (bicyclic) bond motifs is 1. The monoisotopic (exact) mass is 336 g/mol. The first-order valence-corrected chi connectivity index (χ1v) is 9.78. The largest absolute Gasteiger partial charge is 0.303 e. The lowest BCUT2D eigenvalue weighted by Crippen LogP contribution is -2.22. The van der Waals surface area contributed by atoms with Crippen LogP contribution in [0.3, 0.4) is 0 Å². The SMILES string of the molecule is C[C@H](c1ccccn1)c1c(CCN2CCCC2)sc2ccccc12. The zero-order valence-corrected chi connectivity index (χ0v) is 15.1. The average Bonchev–Trinajstić information content (AvgIpc) is 3.27. The van der Waals surface area contributed by atoms with Crippen molar-refractivity contribution in [2.75, 3.05) is 19.6 Å². The molecule has 3 heteroatoms. The summed E-state index contributed by atoms with van der Waals surface area (Å²) in [6, 6.07) is 15.1. The first kappa shape index (κ1) is 15.8. The summed E-state index contributed by atoms with van der Waals surface area (Å²) >= 11 is 1.98. The fourth-order valence-corrected chi connectivity index (χ4v) is 5.11. The van der Waals surface area contributed by atoms with E-state index < -0.39 is 0 Å². The van der Waals surface area contributed by atoms with Gasteiger partial charge in [0.2, 0.25) is 0 Å². The van der Waals surface area contributed by atoms with Crippen molar-refractivity contribution in [2.45, 2.75) is 32.1 Å². The third-order valence-electron chi connectivity index (χ3n) is 5.13. The lowest BCUT2D eigenvalue weighted by molar-refractivity contribution is 0.344. The van der Waals surface area contributed by atoms with E-state index in [1.165, 1.54) is 53.8 Å². The van der Waals surface area contributed by atoms with Crippen LogP contribution in [-0.4, -0.2) is 29.5 Å². The second-order valence-corrected chi connectivity index (χ2v) is 7.85. The molecule has 1 atom stereocenters. The minimum atomic E-state index is 0.343. The lowest BCUT2D eigenvalue weighted by atomic mass is 9.93. The van der Waals surface area contributed by atoms with E-state index in [4.69, 9.17) is 0 Å². The second kappa shape index (κ2) is 7.04. The first-order chi connectivity index (χ1) is 11.8. The topological polar surface area (TPSA) is 16.1 Å². The van der Waals surface area contributed by atoms with Crippen LogP contribution >= 0.6 is 11.3 Å². The maximum atomic E-state index is 4.61. The van der Waals surface area contributed by atoms with Gasteiger partial charge in [-0.15, -0.1) is 11.3 Å². The summed E-state index contributed by atoms with van der Waals surface area (Å²) in [6.07, 6.45) is 5.80. The van der Waals surface area contributed by atoms with Gasteiger partial charge in [-0.05, 0) is 61.5 Å². The Balaban J connectivity index is 1.69. The molecule has 1 aliphatic rings. The van der Waals surface area contributed by atoms with Crippen LogP contribution in [0.2, 0.25) is 0 Å². The van der Waals surface area contributed by atoms with Crippen molar-refractivity contribution in [1.29, 1.82) is 0 Å². The molecule has 0 radical (unpaired) electrons. The summed E-state index contributed by atoms with van der Waals surface area (Å²) in [4.78, 5) is 8.77. The van der Waals surface area contributed by atoms with E-state index in [-0.39, 0.29) is 0 Å². The van der Waals surface area contributed by atoms with E-state index in [2.05, 4.69) is 53.2 Å². The zero-order chi connectivity index (χ0) is 16.4. The highest BCUT2D eigenvalue weighted by molar-refractivity contribution is 7.19. The number of benzene rings is 1. The van der Waals surface area contributed by atoms with Crippen molar-refractivity contribution in [2.24, 2.45) is 0 Å². The highest BCUT2D eigenvalue weighted by Gasteiger charge is 2.21. The first-order valence-electron chi connectivity index (χ1n) is 8.96. The molecule has 2 aromatic heterocycles. The van der Waals surface area contributed by atoms with Crippen LogP contribution in [0.1, 0.15) is 41.8 Å². The molecule has 1 fully saturated rings. The minimum absolute atomic E-state index is 0.343. The highest BCUT2D eigenvalue weighted by atomic mass is 32.1. The molecule has 3 aromatic rings. The lowest BCUT2D eigenvalue weighted by Gasteiger charge is -2.17. The Morgan fingerprint density at radius 3 is 2.67 bits per heavy atom. The molecule has 0 bridgehead atoms. The van der Waals surface area contributed by atoms with Gasteiger partial charge in [-0.1, -0.05) is 31.2 Å². The van der Waals surface area contributed by atoms with Gasteiger partial charge >= 0.3 is 0 Å². The molecule has 124 valence electrons. The van der Waals surface area contributed by atoms with Gasteiger partial charge in [-0.3, -0.25) is 4.98 Å². The van der Waals surface area contributed by atoms with Crippen molar-refractivity contribution < 1.29 is 0 Å². The number of thiophene rings is 1. The molecule has 1 aromatic carbocycles. The number of rotatable bonds is 5. The van der Waals surface area contributed by atoms with Crippen molar-refractivity contribution in [3.63, 3.8) is 0 Å². The second-order valence-electron chi connectivity index (χ2n) is 6.71. The molecule has 0 saturated carbocycles. The quantitative estimate of drug-likeness (QED) is 0.645. The fraction of sp³-hybridized carbons (Fsp3) is 0.381. The van der Waals surface area contributed by atoms with Gasteiger partial charge in [0.05, 0.1) is 0 Å². The molecule has 0 aliphatic carbocycles. The average molecular weight is 337 g/mol. The maximum absolute atomic E-state index is 4.61. The van der Waals surface area contributed by atoms with Crippen molar-refractivity contribution >= 4 is 21.4 Å². The van der Waals surface area contributed by atoms with Crippen LogP contribution in [0.4, 0.5) is 0 Å². The summed E-state index contributed by atoms with van der Waals surface area (Å²) in [5.74, 6) is 0.343. The van der Waals surface area contributed by atoms with Crippen LogP contribution in [0.5, 0.6) is 0 Å². The van der Waals surface area contributed by atoms with E-state index in [9.17, 15) is 0 Å². The third-order valence-corrected chi connectivity index (χ3v) is 6.38. The van der Waals surface area contributed by atoms with E-state index in [1.807, 2.05) is 23.6 Å². The standard InChI is InChI=1S/C21H24N2S/c1-16(18-9-4-5-12-22-18)21-17-8-2-3-10-19(17)24-20(21)11-15-23-13-6-7-14-23/h2-5,8-10,12,16H,6-7,11,13-15H2,1H3/t16-/m1/s1. The van der Waals surface area contributed by atoms with Crippen LogP contribution in [0, 0.1) is 0 Å². The van der Waals surface area contributed by atoms with E-state index in [0.717, 1.165) is 6.42 Å². The van der Waals surface area contributed by atoms with Crippen molar-refractivity contribution in [1.82, 2.24) is 9.88 Å². The van der Waals surface area contributed by atoms with Gasteiger partial charge in [-0.2, -0.15) is 0 Å². The van der Waals surface area contributed by atoms with Gasteiger partial charge < -0.3 is 4.90 Å². The third kappa shape index (κ3) is 3.11. The van der Waals surface area contributed by atoms with Gasteiger partial charge in [0.15, 0.2) is 0 Å². The number of aromatic nitrogens is 1. The smallest absolute Gasteiger partial charge is 0.0476 e. The number of hydrogen-bond donors (Lipinski definition) is 0. The molecule has 1 aliphatic heterocycles. The van der Waals surface area contributed by atoms with Crippen molar-refractivity contribution in [3.8, 4) is 0 Å². The Morgan fingerprint density at radius 2 is 1.88 bits per heavy atom. The zero-order valence-electron chi connectivity index (χ0n) is 14.2. The maximum Gasteiger partial charge on any atom is 0.0476 e. The van der Waals surface area contributed by atoms with Gasteiger partial charge in [-0.25, -0.2) is 0 Å². The van der Waals surface area contributed by atoms with Gasteiger partial charge in [0.25, 0.3) is 0 Å². The summed E-state index contributed by atoms with van der Waals surface area (Å²) in [5, 5.41) is 1.41. The van der Waals surface area contributed by atoms with Crippen LogP contribution < -0.4 is 0 Å². The normalized spacial score (nSPS) is 16.7. The van der Waals surface area contributed by atoms with Gasteiger partial charge in [0, 0.05) is 33.9 Å². The summed E-state index contributed by atoms with van der Waals surface area (Å²) in [6.45, 7) is 6.04. The Kier molecular flexibility index (Phi) is 4.63. The molecule has 4 rings (SSSR count). The molecule has 0 N–H and O–H groups in total. The molecule has 0 amide bonds. The molecular formula is C21H24N2S. The predicted molar refractivity (Wildman–Crippen MR) is 103 cm³/mol. The Labute approximate surface area is 148 Å². The Bertz CT molecular complexity index is 803. The summed E-state index contributed by atoms with van der Waals surface area (Å²) < 4.78 is 1.41.